The van der Waals surface area contributed by atoms with Gasteiger partial charge in [-0.05, 0) is 69.4 Å². The van der Waals surface area contributed by atoms with Crippen LogP contribution in [0.2, 0.25) is 23.3 Å². The van der Waals surface area contributed by atoms with E-state index in [0.717, 1.165) is 30.5 Å². The summed E-state index contributed by atoms with van der Waals surface area (Å²) in [4.78, 5) is 29.4. The standard InChI is InChI=1S/C27H44ClN5O3Si/c1-26(2,3)36-25(34)32(7)14-10-15-33(16-11-17-35-37(8,9)27(4,5)6)24-30-19-22(20-31-24)21-12-13-29-23(28)18-21/h12-13,18-20H,10-11,14-17H2,1-9H3. The molecule has 0 N–H and O–H groups in total. The lowest BCUT2D eigenvalue weighted by atomic mass is 10.1. The number of nitrogens with zero attached hydrogens (tertiary/aromatic N) is 5. The second-order valence-corrected chi connectivity index (χ2v) is 17.0. The Hall–Kier alpha value is -2.23. The van der Waals surface area contributed by atoms with Crippen LogP contribution >= 0.6 is 11.6 Å². The van der Waals surface area contributed by atoms with Crippen molar-refractivity contribution in [3.8, 4) is 11.1 Å². The molecule has 0 atom stereocenters. The average Bonchev–Trinajstić information content (AvgIpc) is 2.78. The molecule has 8 nitrogen and oxygen atoms in total. The summed E-state index contributed by atoms with van der Waals surface area (Å²) in [5.74, 6) is 0.649. The smallest absolute Gasteiger partial charge is 0.410 e. The lowest BCUT2D eigenvalue weighted by Gasteiger charge is -2.36. The Kier molecular flexibility index (Phi) is 10.9. The van der Waals surface area contributed by atoms with E-state index in [1.54, 1.807) is 36.6 Å². The van der Waals surface area contributed by atoms with Crippen LogP contribution in [0.15, 0.2) is 30.7 Å². The van der Waals surface area contributed by atoms with Crippen LogP contribution in [0.25, 0.3) is 11.1 Å². The zero-order valence-electron chi connectivity index (χ0n) is 24.0. The number of amides is 1. The number of pyridine rings is 1. The molecule has 2 aromatic rings. The minimum atomic E-state index is -1.80. The number of halogens is 1. The van der Waals surface area contributed by atoms with E-state index < -0.39 is 13.9 Å². The fraction of sp³-hybridized carbons (Fsp3) is 0.630. The Bertz CT molecular complexity index is 1010. The Morgan fingerprint density at radius 2 is 1.59 bits per heavy atom. The number of anilines is 1. The molecule has 0 bridgehead atoms. The lowest BCUT2D eigenvalue weighted by molar-refractivity contribution is 0.0298. The summed E-state index contributed by atoms with van der Waals surface area (Å²) in [6, 6.07) is 3.68. The highest BCUT2D eigenvalue weighted by molar-refractivity contribution is 6.74. The summed E-state index contributed by atoms with van der Waals surface area (Å²) < 4.78 is 11.8. The highest BCUT2D eigenvalue weighted by Crippen LogP contribution is 2.36. The van der Waals surface area contributed by atoms with Crippen LogP contribution < -0.4 is 4.90 Å². The molecule has 0 unspecified atom stereocenters. The van der Waals surface area contributed by atoms with E-state index in [4.69, 9.17) is 20.8 Å². The van der Waals surface area contributed by atoms with Gasteiger partial charge in [-0.15, -0.1) is 0 Å². The fourth-order valence-electron chi connectivity index (χ4n) is 3.26. The van der Waals surface area contributed by atoms with Crippen molar-refractivity contribution >= 4 is 32.0 Å². The molecule has 10 heteroatoms. The van der Waals surface area contributed by atoms with Crippen LogP contribution in [-0.4, -0.2) is 73.2 Å². The van der Waals surface area contributed by atoms with Crippen LogP contribution in [0.5, 0.6) is 0 Å². The Balaban J connectivity index is 2.06. The summed E-state index contributed by atoms with van der Waals surface area (Å²) in [5, 5.41) is 0.604. The van der Waals surface area contributed by atoms with Gasteiger partial charge in [-0.3, -0.25) is 0 Å². The molecular formula is C27H44ClN5O3Si. The molecule has 0 aromatic carbocycles. The molecule has 0 saturated carbocycles. The second kappa shape index (κ2) is 13.0. The SMILES string of the molecule is CN(CCCN(CCCO[Si](C)(C)C(C)(C)C)c1ncc(-c2ccnc(Cl)c2)cn1)C(=O)OC(C)(C)C. The van der Waals surface area contributed by atoms with Crippen LogP contribution in [0.1, 0.15) is 54.4 Å². The normalized spacial score (nSPS) is 12.4. The molecule has 2 rings (SSSR count). The third-order valence-corrected chi connectivity index (χ3v) is 11.2. The molecular weight excluding hydrogens is 506 g/mol. The van der Waals surface area contributed by atoms with Crippen LogP contribution in [0.4, 0.5) is 10.7 Å². The van der Waals surface area contributed by atoms with Crippen LogP contribution in [0.3, 0.4) is 0 Å². The van der Waals surface area contributed by atoms with Gasteiger partial charge in [-0.1, -0.05) is 32.4 Å². The number of hydrogen-bond donors (Lipinski definition) is 0. The molecule has 0 aliphatic heterocycles. The first kappa shape index (κ1) is 31.0. The van der Waals surface area contributed by atoms with Gasteiger partial charge in [0.2, 0.25) is 5.95 Å². The second-order valence-electron chi connectivity index (χ2n) is 11.8. The minimum Gasteiger partial charge on any atom is -0.444 e. The van der Waals surface area contributed by atoms with Crippen LogP contribution in [-0.2, 0) is 9.16 Å². The van der Waals surface area contributed by atoms with Crippen LogP contribution in [0, 0.1) is 0 Å². The molecule has 0 fully saturated rings. The van der Waals surface area contributed by atoms with Gasteiger partial charge in [-0.25, -0.2) is 19.7 Å². The summed E-state index contributed by atoms with van der Waals surface area (Å²) in [5.41, 5.74) is 1.27. The number of hydrogen-bond acceptors (Lipinski definition) is 7. The molecule has 2 heterocycles. The quantitative estimate of drug-likeness (QED) is 0.176. The van der Waals surface area contributed by atoms with Crippen molar-refractivity contribution in [1.82, 2.24) is 19.9 Å². The molecule has 0 aliphatic rings. The van der Waals surface area contributed by atoms with Crippen molar-refractivity contribution in [2.24, 2.45) is 0 Å². The highest BCUT2D eigenvalue weighted by Gasteiger charge is 2.36. The van der Waals surface area contributed by atoms with E-state index >= 15 is 0 Å². The summed E-state index contributed by atoms with van der Waals surface area (Å²) in [7, 11) is -0.0417. The van der Waals surface area contributed by atoms with Gasteiger partial charge in [0.1, 0.15) is 10.8 Å². The third-order valence-electron chi connectivity index (χ3n) is 6.45. The molecule has 2 aromatic heterocycles. The van der Waals surface area contributed by atoms with Gasteiger partial charge in [-0.2, -0.15) is 0 Å². The molecule has 0 saturated heterocycles. The van der Waals surface area contributed by atoms with Gasteiger partial charge in [0, 0.05) is 57.4 Å². The summed E-state index contributed by atoms with van der Waals surface area (Å²) >= 11 is 6.04. The van der Waals surface area contributed by atoms with Gasteiger partial charge in [0.05, 0.1) is 0 Å². The van der Waals surface area contributed by atoms with E-state index in [0.29, 0.717) is 30.8 Å². The number of carbonyl (C=O) groups excluding carboxylic acids is 1. The Morgan fingerprint density at radius 1 is 0.973 bits per heavy atom. The van der Waals surface area contributed by atoms with Crippen molar-refractivity contribution in [2.45, 2.75) is 78.1 Å². The first-order valence-corrected chi connectivity index (χ1v) is 16.1. The van der Waals surface area contributed by atoms with Gasteiger partial charge in [0.25, 0.3) is 0 Å². The molecule has 206 valence electrons. The predicted molar refractivity (Wildman–Crippen MR) is 154 cm³/mol. The number of carbonyl (C=O) groups is 1. The zero-order valence-corrected chi connectivity index (χ0v) is 25.7. The maximum atomic E-state index is 12.3. The molecule has 0 radical (unpaired) electrons. The van der Waals surface area contributed by atoms with Gasteiger partial charge >= 0.3 is 6.09 Å². The van der Waals surface area contributed by atoms with Gasteiger partial charge < -0.3 is 19.0 Å². The van der Waals surface area contributed by atoms with E-state index in [9.17, 15) is 4.79 Å². The maximum absolute atomic E-state index is 12.3. The lowest BCUT2D eigenvalue weighted by Crippen LogP contribution is -2.41. The Morgan fingerprint density at radius 3 is 2.16 bits per heavy atom. The monoisotopic (exact) mass is 549 g/mol. The van der Waals surface area contributed by atoms with E-state index in [1.807, 2.05) is 26.8 Å². The number of ether oxygens (including phenoxy) is 1. The molecule has 0 aliphatic carbocycles. The number of rotatable bonds is 11. The first-order chi connectivity index (χ1) is 17.1. The van der Waals surface area contributed by atoms with Crippen molar-refractivity contribution in [2.75, 3.05) is 38.2 Å². The largest absolute Gasteiger partial charge is 0.444 e. The molecule has 1 amide bonds. The zero-order chi connectivity index (χ0) is 27.9. The molecule has 0 spiro atoms. The maximum Gasteiger partial charge on any atom is 0.410 e. The summed E-state index contributed by atoms with van der Waals surface area (Å²) in [6.45, 7) is 19.6. The molecule has 37 heavy (non-hydrogen) atoms. The predicted octanol–water partition coefficient (Wildman–Crippen LogP) is 6.67. The van der Waals surface area contributed by atoms with Crippen molar-refractivity contribution in [3.05, 3.63) is 35.9 Å². The Labute approximate surface area is 228 Å². The number of aromatic nitrogens is 3. The van der Waals surface area contributed by atoms with Crippen molar-refractivity contribution < 1.29 is 14.0 Å². The highest BCUT2D eigenvalue weighted by atomic mass is 35.5. The first-order valence-electron chi connectivity index (χ1n) is 12.9. The average molecular weight is 550 g/mol. The van der Waals surface area contributed by atoms with Crippen molar-refractivity contribution in [1.29, 1.82) is 0 Å². The topological polar surface area (TPSA) is 80.7 Å². The van der Waals surface area contributed by atoms with Crippen molar-refractivity contribution in [3.63, 3.8) is 0 Å². The van der Waals surface area contributed by atoms with E-state index in [-0.39, 0.29) is 11.1 Å². The third kappa shape index (κ3) is 10.2. The van der Waals surface area contributed by atoms with Gasteiger partial charge in [0.15, 0.2) is 8.32 Å². The fourth-order valence-corrected chi connectivity index (χ4v) is 4.52. The van der Waals surface area contributed by atoms with E-state index in [1.165, 1.54) is 0 Å². The summed E-state index contributed by atoms with van der Waals surface area (Å²) in [6.07, 6.45) is 6.57. The minimum absolute atomic E-state index is 0.174. The van der Waals surface area contributed by atoms with E-state index in [2.05, 4.69) is 53.7 Å².